The molecule has 0 aromatic rings. The van der Waals surface area contributed by atoms with Crippen LogP contribution in [-0.2, 0) is 4.79 Å². The zero-order valence-electron chi connectivity index (χ0n) is 12.5. The zero-order valence-corrected chi connectivity index (χ0v) is 12.5. The zero-order chi connectivity index (χ0) is 13.9. The average Bonchev–Trinajstić information content (AvgIpc) is 2.39. The second-order valence-electron chi connectivity index (χ2n) is 6.91. The van der Waals surface area contributed by atoms with Crippen LogP contribution in [-0.4, -0.2) is 35.6 Å². The van der Waals surface area contributed by atoms with Crippen molar-refractivity contribution in [2.24, 2.45) is 17.3 Å². The van der Waals surface area contributed by atoms with E-state index in [1.165, 1.54) is 25.7 Å². The highest BCUT2D eigenvalue weighted by Gasteiger charge is 2.43. The maximum atomic E-state index is 11.8. The van der Waals surface area contributed by atoms with Crippen LogP contribution in [0.2, 0.25) is 0 Å². The summed E-state index contributed by atoms with van der Waals surface area (Å²) in [4.78, 5) is 14.2. The molecule has 0 radical (unpaired) electrons. The summed E-state index contributed by atoms with van der Waals surface area (Å²) in [5, 5.41) is 9.71. The highest BCUT2D eigenvalue weighted by molar-refractivity contribution is 5.75. The minimum Gasteiger partial charge on any atom is -0.481 e. The first-order valence-corrected chi connectivity index (χ1v) is 8.01. The van der Waals surface area contributed by atoms with Gasteiger partial charge in [-0.05, 0) is 50.6 Å². The third-order valence-corrected chi connectivity index (χ3v) is 5.36. The molecule has 0 aromatic carbocycles. The van der Waals surface area contributed by atoms with Gasteiger partial charge in [0.15, 0.2) is 0 Å². The quantitative estimate of drug-likeness (QED) is 0.849. The Bertz CT molecular complexity index is 310. The average molecular weight is 267 g/mol. The molecule has 19 heavy (non-hydrogen) atoms. The minimum atomic E-state index is -0.559. The molecule has 1 saturated carbocycles. The second-order valence-corrected chi connectivity index (χ2v) is 6.91. The number of piperidine rings is 1. The fourth-order valence-corrected chi connectivity index (χ4v) is 4.05. The molecule has 2 unspecified atom stereocenters. The molecule has 0 bridgehead atoms. The summed E-state index contributed by atoms with van der Waals surface area (Å²) in [6, 6.07) is 0. The van der Waals surface area contributed by atoms with Crippen LogP contribution in [0, 0.1) is 17.3 Å². The van der Waals surface area contributed by atoms with Gasteiger partial charge in [0.1, 0.15) is 0 Å². The highest BCUT2D eigenvalue weighted by atomic mass is 16.4. The van der Waals surface area contributed by atoms with Crippen molar-refractivity contribution in [3.63, 3.8) is 0 Å². The Morgan fingerprint density at radius 3 is 2.53 bits per heavy atom. The van der Waals surface area contributed by atoms with E-state index in [-0.39, 0.29) is 0 Å². The maximum Gasteiger partial charge on any atom is 0.310 e. The van der Waals surface area contributed by atoms with Gasteiger partial charge in [-0.25, -0.2) is 0 Å². The van der Waals surface area contributed by atoms with Crippen LogP contribution in [0.15, 0.2) is 0 Å². The largest absolute Gasteiger partial charge is 0.481 e. The van der Waals surface area contributed by atoms with Crippen LogP contribution in [0.4, 0.5) is 0 Å². The molecule has 1 aliphatic heterocycles. The summed E-state index contributed by atoms with van der Waals surface area (Å²) in [6.45, 7) is 7.45. The van der Waals surface area contributed by atoms with E-state index >= 15 is 0 Å². The lowest BCUT2D eigenvalue weighted by molar-refractivity contribution is -0.154. The molecule has 1 heterocycles. The second kappa shape index (κ2) is 6.25. The molecular weight excluding hydrogens is 238 g/mol. The molecule has 0 spiro atoms. The van der Waals surface area contributed by atoms with Crippen molar-refractivity contribution in [3.8, 4) is 0 Å². The summed E-state index contributed by atoms with van der Waals surface area (Å²) in [6.07, 6.45) is 7.81. The van der Waals surface area contributed by atoms with Gasteiger partial charge in [-0.15, -0.1) is 0 Å². The van der Waals surface area contributed by atoms with Crippen LogP contribution in [0.25, 0.3) is 0 Å². The number of carbonyl (C=O) groups is 1. The summed E-state index contributed by atoms with van der Waals surface area (Å²) in [5.74, 6) is 0.872. The Labute approximate surface area is 117 Å². The van der Waals surface area contributed by atoms with Gasteiger partial charge in [-0.3, -0.25) is 4.79 Å². The van der Waals surface area contributed by atoms with E-state index < -0.39 is 11.4 Å². The van der Waals surface area contributed by atoms with Crippen LogP contribution in [0.3, 0.4) is 0 Å². The Morgan fingerprint density at radius 2 is 2.00 bits per heavy atom. The van der Waals surface area contributed by atoms with E-state index in [4.69, 9.17) is 0 Å². The van der Waals surface area contributed by atoms with Gasteiger partial charge in [-0.2, -0.15) is 0 Å². The lowest BCUT2D eigenvalue weighted by Crippen LogP contribution is -2.48. The van der Waals surface area contributed by atoms with Gasteiger partial charge in [0.25, 0.3) is 0 Å². The number of rotatable bonds is 4. The Hall–Kier alpha value is -0.570. The highest BCUT2D eigenvalue weighted by Crippen LogP contribution is 2.41. The molecule has 3 nitrogen and oxygen atoms in total. The molecule has 1 saturated heterocycles. The molecule has 2 aliphatic rings. The molecule has 0 amide bonds. The van der Waals surface area contributed by atoms with Gasteiger partial charge in [0, 0.05) is 6.54 Å². The number of hydrogen-bond donors (Lipinski definition) is 1. The number of likely N-dealkylation sites (tertiary alicyclic amines) is 1. The van der Waals surface area contributed by atoms with Crippen molar-refractivity contribution >= 4 is 5.97 Å². The van der Waals surface area contributed by atoms with Crippen LogP contribution >= 0.6 is 0 Å². The van der Waals surface area contributed by atoms with Gasteiger partial charge >= 0.3 is 5.97 Å². The summed E-state index contributed by atoms with van der Waals surface area (Å²) in [5.41, 5.74) is -0.462. The van der Waals surface area contributed by atoms with Crippen molar-refractivity contribution in [2.75, 3.05) is 19.6 Å². The predicted molar refractivity (Wildman–Crippen MR) is 77.2 cm³/mol. The third-order valence-electron chi connectivity index (χ3n) is 5.36. The van der Waals surface area contributed by atoms with E-state index in [0.717, 1.165) is 44.8 Å². The summed E-state index contributed by atoms with van der Waals surface area (Å²) in [7, 11) is 0. The number of carboxylic acid groups (broad SMARTS) is 1. The Kier molecular flexibility index (Phi) is 4.88. The molecule has 0 aromatic heterocycles. The first kappa shape index (κ1) is 14.8. The summed E-state index contributed by atoms with van der Waals surface area (Å²) < 4.78 is 0. The minimum absolute atomic E-state index is 0.462. The van der Waals surface area contributed by atoms with Crippen molar-refractivity contribution in [1.82, 2.24) is 4.90 Å². The van der Waals surface area contributed by atoms with E-state index in [1.54, 1.807) is 0 Å². The standard InChI is InChI=1S/C16H29NO2/c1-3-14-6-9-17(10-7-14)12-16(15(18)19)8-4-5-13(2)11-16/h13-14H,3-12H2,1-2H3,(H,18,19). The SMILES string of the molecule is CCC1CCN(CC2(C(=O)O)CCCC(C)C2)CC1. The Morgan fingerprint density at radius 1 is 1.32 bits per heavy atom. The molecule has 110 valence electrons. The molecule has 1 N–H and O–H groups in total. The van der Waals surface area contributed by atoms with Crippen LogP contribution < -0.4 is 0 Å². The number of hydrogen-bond acceptors (Lipinski definition) is 2. The first-order valence-electron chi connectivity index (χ1n) is 8.01. The van der Waals surface area contributed by atoms with E-state index in [1.807, 2.05) is 0 Å². The van der Waals surface area contributed by atoms with Crippen LogP contribution in [0.5, 0.6) is 0 Å². The Balaban J connectivity index is 1.96. The van der Waals surface area contributed by atoms with Gasteiger partial charge in [0.2, 0.25) is 0 Å². The van der Waals surface area contributed by atoms with Crippen LogP contribution in [0.1, 0.15) is 58.8 Å². The van der Waals surface area contributed by atoms with Gasteiger partial charge in [-0.1, -0.05) is 33.1 Å². The number of carboxylic acids is 1. The van der Waals surface area contributed by atoms with E-state index in [2.05, 4.69) is 18.7 Å². The predicted octanol–water partition coefficient (Wildman–Crippen LogP) is 3.39. The van der Waals surface area contributed by atoms with Crippen molar-refractivity contribution in [3.05, 3.63) is 0 Å². The fourth-order valence-electron chi connectivity index (χ4n) is 4.05. The number of aliphatic carboxylic acids is 1. The third kappa shape index (κ3) is 3.50. The first-order chi connectivity index (χ1) is 9.05. The fraction of sp³-hybridized carbons (Fsp3) is 0.938. The lowest BCUT2D eigenvalue weighted by atomic mass is 9.69. The van der Waals surface area contributed by atoms with Gasteiger partial charge in [0.05, 0.1) is 5.41 Å². The van der Waals surface area contributed by atoms with Crippen molar-refractivity contribution in [1.29, 1.82) is 0 Å². The molecule has 2 atom stereocenters. The van der Waals surface area contributed by atoms with Gasteiger partial charge < -0.3 is 10.0 Å². The normalized spacial score (nSPS) is 34.3. The molecule has 3 heteroatoms. The lowest BCUT2D eigenvalue weighted by Gasteiger charge is -2.42. The topological polar surface area (TPSA) is 40.5 Å². The van der Waals surface area contributed by atoms with Crippen molar-refractivity contribution < 1.29 is 9.90 Å². The number of nitrogens with zero attached hydrogens (tertiary/aromatic N) is 1. The van der Waals surface area contributed by atoms with E-state index in [9.17, 15) is 9.90 Å². The molecule has 2 fully saturated rings. The monoisotopic (exact) mass is 267 g/mol. The molecule has 2 rings (SSSR count). The van der Waals surface area contributed by atoms with E-state index in [0.29, 0.717) is 5.92 Å². The summed E-state index contributed by atoms with van der Waals surface area (Å²) >= 11 is 0. The molecular formula is C16H29NO2. The molecule has 1 aliphatic carbocycles. The van der Waals surface area contributed by atoms with Crippen molar-refractivity contribution in [2.45, 2.75) is 58.8 Å². The smallest absolute Gasteiger partial charge is 0.310 e. The maximum absolute atomic E-state index is 11.8.